The standard InChI is InChI=1S/2C12H16O4.C11H14O2S.C10H12O4.C9H8F2O3/c1-3-15-10-6-9(2)7-11(8-10)16-5-4-12(13)14;1-3-15-11-8-9(2)4-5-10(11)16-7-6-12(13)14;1-7(2)14-10-6-8(3)4-5-9(10)11(12)13;1-7-3-4-8(9(5-7)13-2)14-6-10(11)12;1-5-2-3-6(8(12)13)7(4-5)14-9(10)11/h6-8H,3-5H2,1-2H3,(H,13,14);4-5,8H,3,6-7H2,1-2H3,(H,13,14);4-7H,1-3H3,(H,12,13);3-5H,6H2,1-2H3,(H,11,12);2-4,9H,1H3,(H,12,13). The Bertz CT molecular complexity index is 2500. The van der Waals surface area contributed by atoms with Gasteiger partial charge in [-0.2, -0.15) is 8.78 Å². The first-order valence-corrected chi connectivity index (χ1v) is 23.7. The highest BCUT2D eigenvalue weighted by atomic mass is 32.2. The van der Waals surface area contributed by atoms with E-state index >= 15 is 0 Å². The highest BCUT2D eigenvalue weighted by Gasteiger charge is 2.15. The number of hydrogen-bond donors (Lipinski definition) is 5. The number of halogens is 2. The summed E-state index contributed by atoms with van der Waals surface area (Å²) in [6.07, 6.45) is -0.0165. The van der Waals surface area contributed by atoms with Gasteiger partial charge in [0.15, 0.2) is 29.6 Å². The summed E-state index contributed by atoms with van der Waals surface area (Å²) in [7, 11) is 1.52. The minimum Gasteiger partial charge on any atom is -0.494 e. The molecule has 0 aliphatic heterocycles. The van der Waals surface area contributed by atoms with Crippen LogP contribution in [0.25, 0.3) is 0 Å². The molecule has 74 heavy (non-hydrogen) atoms. The number of thioether (sulfide) groups is 1. The van der Waals surface area contributed by atoms with Crippen LogP contribution in [0.5, 0.6) is 40.2 Å². The predicted octanol–water partition coefficient (Wildman–Crippen LogP) is 11.4. The summed E-state index contributed by atoms with van der Waals surface area (Å²) in [4.78, 5) is 53.3. The van der Waals surface area contributed by atoms with Gasteiger partial charge in [-0.05, 0) is 137 Å². The van der Waals surface area contributed by atoms with Gasteiger partial charge in [-0.15, -0.1) is 11.8 Å². The molecule has 0 aliphatic carbocycles. The average Bonchev–Trinajstić information content (AvgIpc) is 3.29. The molecule has 0 saturated carbocycles. The summed E-state index contributed by atoms with van der Waals surface area (Å²) in [6, 6.07) is 25.8. The Hall–Kier alpha value is -7.74. The Kier molecular flexibility index (Phi) is 30.0. The minimum atomic E-state index is -3.02. The quantitative estimate of drug-likeness (QED) is 0.0404. The van der Waals surface area contributed by atoms with Crippen LogP contribution < -0.4 is 33.2 Å². The van der Waals surface area contributed by atoms with Gasteiger partial charge < -0.3 is 58.7 Å². The fourth-order valence-corrected chi connectivity index (χ4v) is 6.79. The van der Waals surface area contributed by atoms with E-state index in [-0.39, 0.29) is 44.0 Å². The Balaban J connectivity index is 0.000000463. The van der Waals surface area contributed by atoms with Crippen LogP contribution in [0.15, 0.2) is 95.9 Å². The van der Waals surface area contributed by atoms with Gasteiger partial charge >= 0.3 is 36.5 Å². The zero-order chi connectivity index (χ0) is 55.9. The van der Waals surface area contributed by atoms with Crippen molar-refractivity contribution in [3.63, 3.8) is 0 Å². The number of carboxylic acid groups (broad SMARTS) is 5. The molecule has 0 radical (unpaired) electrons. The number of aliphatic carboxylic acids is 3. The lowest BCUT2D eigenvalue weighted by Crippen LogP contribution is -2.10. The average molecular weight is 1060 g/mol. The molecule has 0 atom stereocenters. The van der Waals surface area contributed by atoms with Crippen molar-refractivity contribution in [2.75, 3.05) is 40.1 Å². The molecule has 0 unspecified atom stereocenters. The van der Waals surface area contributed by atoms with Crippen molar-refractivity contribution >= 4 is 41.6 Å². The first-order valence-electron chi connectivity index (χ1n) is 22.8. The summed E-state index contributed by atoms with van der Waals surface area (Å²) in [5, 5.41) is 43.4. The van der Waals surface area contributed by atoms with E-state index in [0.29, 0.717) is 58.3 Å². The molecule has 20 heteroatoms. The maximum Gasteiger partial charge on any atom is 0.387 e. The van der Waals surface area contributed by atoms with Gasteiger partial charge in [-0.3, -0.25) is 9.59 Å². The van der Waals surface area contributed by atoms with E-state index in [4.69, 9.17) is 54.0 Å². The Morgan fingerprint density at radius 1 is 0.500 bits per heavy atom. The lowest BCUT2D eigenvalue weighted by molar-refractivity contribution is -0.139. The number of benzene rings is 5. The van der Waals surface area contributed by atoms with E-state index < -0.39 is 36.5 Å². The first kappa shape index (κ1) is 64.3. The number of aromatic carboxylic acids is 2. The molecule has 0 aliphatic rings. The summed E-state index contributed by atoms with van der Waals surface area (Å²) < 4.78 is 59.3. The monoisotopic (exact) mass is 1060 g/mol. The second kappa shape index (κ2) is 34.6. The van der Waals surface area contributed by atoms with Crippen LogP contribution in [0.4, 0.5) is 8.78 Å². The normalized spacial score (nSPS) is 10.0. The molecule has 5 aromatic carbocycles. The molecule has 0 saturated heterocycles. The molecule has 0 fully saturated rings. The Morgan fingerprint density at radius 3 is 1.43 bits per heavy atom. The summed E-state index contributed by atoms with van der Waals surface area (Å²) in [6.45, 7) is 15.4. The molecule has 0 aromatic heterocycles. The van der Waals surface area contributed by atoms with Gasteiger partial charge in [0.05, 0.1) is 51.9 Å². The lowest BCUT2D eigenvalue weighted by atomic mass is 10.1. The first-order chi connectivity index (χ1) is 34.9. The van der Waals surface area contributed by atoms with Gasteiger partial charge in [-0.1, -0.05) is 38.1 Å². The molecule has 0 heterocycles. The van der Waals surface area contributed by atoms with E-state index in [0.717, 1.165) is 32.9 Å². The summed E-state index contributed by atoms with van der Waals surface area (Å²) in [5.74, 6) is -1.57. The van der Waals surface area contributed by atoms with Crippen molar-refractivity contribution in [2.45, 2.75) is 91.9 Å². The van der Waals surface area contributed by atoms with Crippen LogP contribution >= 0.6 is 11.8 Å². The van der Waals surface area contributed by atoms with Gasteiger partial charge in [0.2, 0.25) is 0 Å². The number of alkyl halides is 2. The fourth-order valence-electron chi connectivity index (χ4n) is 5.75. The number of aryl methyl sites for hydroxylation is 5. The van der Waals surface area contributed by atoms with Crippen LogP contribution in [0.3, 0.4) is 0 Å². The third-order valence-corrected chi connectivity index (χ3v) is 9.94. The smallest absolute Gasteiger partial charge is 0.387 e. The SMILES string of the molecule is CCOc1cc(C)cc(OCCC(=O)O)c1.CCOc1cc(C)ccc1OCCC(=O)O.COc1cc(C)ccc1OCC(=O)O.Cc1ccc(C(=O)O)c(OC(F)F)c1.Cc1ccc(C(=O)O)c(SC(C)C)c1. The van der Waals surface area contributed by atoms with Gasteiger partial charge in [0.25, 0.3) is 0 Å². The van der Waals surface area contributed by atoms with Crippen molar-refractivity contribution in [2.24, 2.45) is 0 Å². The van der Waals surface area contributed by atoms with E-state index in [2.05, 4.69) is 18.6 Å². The zero-order valence-electron chi connectivity index (χ0n) is 43.1. The molecular formula is C54H66F2O17S. The largest absolute Gasteiger partial charge is 0.494 e. The topological polar surface area (TPSA) is 251 Å². The third-order valence-electron chi connectivity index (χ3n) is 8.88. The molecule has 5 aromatic rings. The number of rotatable bonds is 22. The molecule has 0 amide bonds. The van der Waals surface area contributed by atoms with Gasteiger partial charge in [0, 0.05) is 16.2 Å². The molecule has 17 nitrogen and oxygen atoms in total. The highest BCUT2D eigenvalue weighted by Crippen LogP contribution is 2.30. The number of carbonyl (C=O) groups is 5. The van der Waals surface area contributed by atoms with Gasteiger partial charge in [0.1, 0.15) is 22.8 Å². The van der Waals surface area contributed by atoms with Crippen LogP contribution in [-0.4, -0.2) is 107 Å². The minimum absolute atomic E-state index is 0.00207. The second-order valence-corrected chi connectivity index (χ2v) is 17.4. The summed E-state index contributed by atoms with van der Waals surface area (Å²) in [5.41, 5.74) is 5.02. The molecule has 5 N–H and O–H groups in total. The fraction of sp³-hybridized carbons (Fsp3) is 0.352. The van der Waals surface area contributed by atoms with E-state index in [9.17, 15) is 32.8 Å². The van der Waals surface area contributed by atoms with Crippen molar-refractivity contribution in [3.8, 4) is 40.2 Å². The Morgan fingerprint density at radius 2 is 0.959 bits per heavy atom. The molecule has 0 spiro atoms. The van der Waals surface area contributed by atoms with Crippen LogP contribution in [0.2, 0.25) is 0 Å². The van der Waals surface area contributed by atoms with Crippen molar-refractivity contribution < 1.29 is 91.4 Å². The van der Waals surface area contributed by atoms with Crippen LogP contribution in [0, 0.1) is 34.6 Å². The number of carboxylic acids is 5. The molecular weight excluding hydrogens is 991 g/mol. The maximum atomic E-state index is 11.9. The van der Waals surface area contributed by atoms with Crippen LogP contribution in [0.1, 0.15) is 89.1 Å². The van der Waals surface area contributed by atoms with Crippen molar-refractivity contribution in [1.29, 1.82) is 0 Å². The number of methoxy groups -OCH3 is 1. The van der Waals surface area contributed by atoms with Crippen molar-refractivity contribution in [1.82, 2.24) is 0 Å². The van der Waals surface area contributed by atoms with E-state index in [1.165, 1.54) is 25.3 Å². The Labute approximate surface area is 433 Å². The van der Waals surface area contributed by atoms with E-state index in [1.807, 2.05) is 84.0 Å². The molecule has 0 bridgehead atoms. The lowest BCUT2D eigenvalue weighted by Gasteiger charge is -2.11. The van der Waals surface area contributed by atoms with E-state index in [1.54, 1.807) is 49.0 Å². The molecule has 404 valence electrons. The zero-order valence-corrected chi connectivity index (χ0v) is 43.9. The van der Waals surface area contributed by atoms with Crippen molar-refractivity contribution in [3.05, 3.63) is 130 Å². The molecule has 5 rings (SSSR count). The summed E-state index contributed by atoms with van der Waals surface area (Å²) >= 11 is 1.59. The third kappa shape index (κ3) is 27.2. The highest BCUT2D eigenvalue weighted by molar-refractivity contribution is 8.00. The maximum absolute atomic E-state index is 11.9. The van der Waals surface area contributed by atoms with Crippen LogP contribution in [-0.2, 0) is 14.4 Å². The second-order valence-electron chi connectivity index (χ2n) is 15.8. The number of ether oxygens (including phenoxy) is 7. The van der Waals surface area contributed by atoms with Gasteiger partial charge in [-0.25, -0.2) is 14.4 Å². The predicted molar refractivity (Wildman–Crippen MR) is 275 cm³/mol. The number of hydrogen-bond acceptors (Lipinski definition) is 13.